The van der Waals surface area contributed by atoms with Crippen molar-refractivity contribution in [2.75, 3.05) is 17.7 Å². The highest BCUT2D eigenvalue weighted by molar-refractivity contribution is 6.07. The molecule has 1 amide bonds. The molecule has 0 aliphatic carbocycles. The average Bonchev–Trinajstić information content (AvgIpc) is 2.48. The minimum absolute atomic E-state index is 0.142. The van der Waals surface area contributed by atoms with E-state index in [9.17, 15) is 19.3 Å². The van der Waals surface area contributed by atoms with Crippen LogP contribution in [0.1, 0.15) is 10.4 Å². The number of nitro groups is 1. The van der Waals surface area contributed by atoms with Gasteiger partial charge in [0, 0.05) is 19.3 Å². The van der Waals surface area contributed by atoms with E-state index in [1.54, 1.807) is 13.1 Å². The molecule has 0 radical (unpaired) electrons. The fourth-order valence-electron chi connectivity index (χ4n) is 1.70. The monoisotopic (exact) mass is 290 g/mol. The van der Waals surface area contributed by atoms with Crippen LogP contribution in [-0.4, -0.2) is 22.9 Å². The minimum Gasteiger partial charge on any atom is -0.372 e. The fourth-order valence-corrected chi connectivity index (χ4v) is 1.70. The van der Waals surface area contributed by atoms with E-state index in [4.69, 9.17) is 0 Å². The third-order valence-electron chi connectivity index (χ3n) is 2.70. The first-order valence-electron chi connectivity index (χ1n) is 5.91. The summed E-state index contributed by atoms with van der Waals surface area (Å²) in [6.07, 6.45) is 1.51. The van der Waals surface area contributed by atoms with Gasteiger partial charge in [0.1, 0.15) is 5.82 Å². The van der Waals surface area contributed by atoms with Crippen molar-refractivity contribution >= 4 is 23.1 Å². The smallest absolute Gasteiger partial charge is 0.272 e. The Morgan fingerprint density at radius 1 is 1.38 bits per heavy atom. The molecule has 8 heteroatoms. The second kappa shape index (κ2) is 5.95. The maximum atomic E-state index is 13.7. The molecule has 0 atom stereocenters. The minimum atomic E-state index is -0.882. The molecule has 0 aliphatic heterocycles. The molecule has 0 aliphatic rings. The third kappa shape index (κ3) is 3.11. The van der Waals surface area contributed by atoms with E-state index in [1.165, 1.54) is 12.3 Å². The number of carbonyl (C=O) groups excluding carboxylic acids is 1. The van der Waals surface area contributed by atoms with Crippen LogP contribution >= 0.6 is 0 Å². The van der Waals surface area contributed by atoms with Crippen molar-refractivity contribution < 1.29 is 14.1 Å². The summed E-state index contributed by atoms with van der Waals surface area (Å²) in [5.41, 5.74) is -0.294. The molecule has 2 rings (SSSR count). The molecule has 7 nitrogen and oxygen atoms in total. The Labute approximate surface area is 119 Å². The highest BCUT2D eigenvalue weighted by Gasteiger charge is 2.15. The first-order valence-corrected chi connectivity index (χ1v) is 5.91. The Morgan fingerprint density at radius 2 is 2.14 bits per heavy atom. The number of pyridine rings is 1. The molecule has 0 spiro atoms. The second-order valence-corrected chi connectivity index (χ2v) is 4.02. The van der Waals surface area contributed by atoms with E-state index in [1.807, 2.05) is 0 Å². The number of nitro benzene ring substituents is 1. The molecule has 1 heterocycles. The van der Waals surface area contributed by atoms with Gasteiger partial charge in [0.05, 0.1) is 22.2 Å². The van der Waals surface area contributed by atoms with Crippen molar-refractivity contribution in [2.24, 2.45) is 0 Å². The maximum absolute atomic E-state index is 13.7. The number of amides is 1. The van der Waals surface area contributed by atoms with Crippen molar-refractivity contribution in [2.45, 2.75) is 0 Å². The number of anilines is 2. The van der Waals surface area contributed by atoms with Crippen LogP contribution in [-0.2, 0) is 0 Å². The molecule has 0 saturated carbocycles. The number of non-ortho nitro benzene ring substituents is 1. The zero-order valence-corrected chi connectivity index (χ0v) is 11.0. The third-order valence-corrected chi connectivity index (χ3v) is 2.70. The topological polar surface area (TPSA) is 97.2 Å². The van der Waals surface area contributed by atoms with Crippen LogP contribution in [0.15, 0.2) is 36.5 Å². The summed E-state index contributed by atoms with van der Waals surface area (Å²) in [5, 5.41) is 15.6. The summed E-state index contributed by atoms with van der Waals surface area (Å²) in [6, 6.07) is 6.10. The number of hydrogen-bond acceptors (Lipinski definition) is 5. The number of hydrogen-bond donors (Lipinski definition) is 2. The van der Waals surface area contributed by atoms with Crippen molar-refractivity contribution in [1.29, 1.82) is 0 Å². The zero-order valence-electron chi connectivity index (χ0n) is 11.0. The molecular weight excluding hydrogens is 279 g/mol. The van der Waals surface area contributed by atoms with E-state index in [0.29, 0.717) is 5.82 Å². The van der Waals surface area contributed by atoms with Crippen LogP contribution in [0.3, 0.4) is 0 Å². The van der Waals surface area contributed by atoms with Crippen LogP contribution in [0.2, 0.25) is 0 Å². The Balaban J connectivity index is 2.26. The molecule has 1 aromatic heterocycles. The van der Waals surface area contributed by atoms with E-state index in [0.717, 1.165) is 18.2 Å². The van der Waals surface area contributed by atoms with Gasteiger partial charge in [0.25, 0.3) is 11.6 Å². The van der Waals surface area contributed by atoms with Crippen molar-refractivity contribution in [1.82, 2.24) is 4.98 Å². The first kappa shape index (κ1) is 14.4. The van der Waals surface area contributed by atoms with Crippen LogP contribution < -0.4 is 10.6 Å². The summed E-state index contributed by atoms with van der Waals surface area (Å²) < 4.78 is 13.7. The number of nitrogens with one attached hydrogen (secondary N) is 2. The standard InChI is InChI=1S/C13H11FN4O3/c1-15-12-9(3-2-6-16-12)13(19)17-11-5-4-8(18(20)21)7-10(11)14/h2-7H,1H3,(H,15,16)(H,17,19). The first-order chi connectivity index (χ1) is 10.0. The summed E-state index contributed by atoms with van der Waals surface area (Å²) >= 11 is 0. The number of aromatic nitrogens is 1. The van der Waals surface area contributed by atoms with Gasteiger partial charge >= 0.3 is 0 Å². The molecule has 0 fully saturated rings. The van der Waals surface area contributed by atoms with Crippen molar-refractivity contribution in [3.05, 3.63) is 58.0 Å². The lowest BCUT2D eigenvalue weighted by atomic mass is 10.2. The lowest BCUT2D eigenvalue weighted by molar-refractivity contribution is -0.385. The average molecular weight is 290 g/mol. The summed E-state index contributed by atoms with van der Waals surface area (Å²) in [6.45, 7) is 0. The van der Waals surface area contributed by atoms with E-state index < -0.39 is 16.6 Å². The van der Waals surface area contributed by atoms with Gasteiger partial charge in [-0.25, -0.2) is 9.37 Å². The van der Waals surface area contributed by atoms with E-state index in [-0.39, 0.29) is 16.9 Å². The number of nitrogens with zero attached hydrogens (tertiary/aromatic N) is 2. The summed E-state index contributed by atoms with van der Waals surface area (Å²) in [7, 11) is 1.60. The predicted octanol–water partition coefficient (Wildman–Crippen LogP) is 2.42. The lowest BCUT2D eigenvalue weighted by Crippen LogP contribution is -2.15. The van der Waals surface area contributed by atoms with Gasteiger partial charge in [-0.15, -0.1) is 0 Å². The maximum Gasteiger partial charge on any atom is 0.272 e. The van der Waals surface area contributed by atoms with Crippen LogP contribution in [0.4, 0.5) is 21.6 Å². The summed E-state index contributed by atoms with van der Waals surface area (Å²) in [5.74, 6) is -1.11. The van der Waals surface area contributed by atoms with Gasteiger partial charge < -0.3 is 10.6 Å². The number of benzene rings is 1. The Kier molecular flexibility index (Phi) is 4.07. The Bertz CT molecular complexity index is 706. The Hall–Kier alpha value is -3.03. The molecule has 1 aromatic carbocycles. The normalized spacial score (nSPS) is 10.0. The van der Waals surface area contributed by atoms with Crippen LogP contribution in [0.25, 0.3) is 0 Å². The van der Waals surface area contributed by atoms with Crippen LogP contribution in [0, 0.1) is 15.9 Å². The van der Waals surface area contributed by atoms with Crippen LogP contribution in [0.5, 0.6) is 0 Å². The number of rotatable bonds is 4. The van der Waals surface area contributed by atoms with Gasteiger partial charge in [-0.05, 0) is 18.2 Å². The number of halogens is 1. The lowest BCUT2D eigenvalue weighted by Gasteiger charge is -2.09. The molecule has 2 N–H and O–H groups in total. The quantitative estimate of drug-likeness (QED) is 0.665. The van der Waals surface area contributed by atoms with Gasteiger partial charge in [-0.3, -0.25) is 14.9 Å². The largest absolute Gasteiger partial charge is 0.372 e. The predicted molar refractivity (Wildman–Crippen MR) is 74.8 cm³/mol. The van der Waals surface area contributed by atoms with Gasteiger partial charge in [0.15, 0.2) is 5.82 Å². The van der Waals surface area contributed by atoms with Gasteiger partial charge in [0.2, 0.25) is 0 Å². The molecule has 0 unspecified atom stereocenters. The molecular formula is C13H11FN4O3. The SMILES string of the molecule is CNc1ncccc1C(=O)Nc1ccc([N+](=O)[O-])cc1F. The van der Waals surface area contributed by atoms with E-state index in [2.05, 4.69) is 15.6 Å². The van der Waals surface area contributed by atoms with Gasteiger partial charge in [-0.2, -0.15) is 0 Å². The fraction of sp³-hybridized carbons (Fsp3) is 0.0769. The highest BCUT2D eigenvalue weighted by atomic mass is 19.1. The second-order valence-electron chi connectivity index (χ2n) is 4.02. The zero-order chi connectivity index (χ0) is 15.4. The highest BCUT2D eigenvalue weighted by Crippen LogP contribution is 2.22. The molecule has 21 heavy (non-hydrogen) atoms. The number of carbonyl (C=O) groups is 1. The van der Waals surface area contributed by atoms with E-state index >= 15 is 0 Å². The van der Waals surface area contributed by atoms with Gasteiger partial charge in [-0.1, -0.05) is 0 Å². The molecule has 0 bridgehead atoms. The molecule has 0 saturated heterocycles. The Morgan fingerprint density at radius 3 is 2.76 bits per heavy atom. The van der Waals surface area contributed by atoms with Crippen molar-refractivity contribution in [3.63, 3.8) is 0 Å². The molecule has 2 aromatic rings. The molecule has 108 valence electrons. The van der Waals surface area contributed by atoms with Crippen molar-refractivity contribution in [3.8, 4) is 0 Å². The summed E-state index contributed by atoms with van der Waals surface area (Å²) in [4.78, 5) is 25.9.